The molecule has 0 aliphatic heterocycles. The fraction of sp³-hybridized carbons (Fsp3) is 0.176. The molecule has 0 bridgehead atoms. The Morgan fingerprint density at radius 1 is 1.13 bits per heavy atom. The fourth-order valence-electron chi connectivity index (χ4n) is 1.81. The Labute approximate surface area is 134 Å². The molecule has 6 heteroatoms. The van der Waals surface area contributed by atoms with Gasteiger partial charge < -0.3 is 15.2 Å². The molecule has 3 N–H and O–H groups in total. The summed E-state index contributed by atoms with van der Waals surface area (Å²) in [5, 5.41) is 3.70. The van der Waals surface area contributed by atoms with Crippen molar-refractivity contribution < 1.29 is 14.3 Å². The van der Waals surface area contributed by atoms with Gasteiger partial charge in [0.25, 0.3) is 0 Å². The van der Waals surface area contributed by atoms with Crippen molar-refractivity contribution >= 4 is 12.2 Å². The lowest BCUT2D eigenvalue weighted by Crippen LogP contribution is -2.24. The maximum absolute atomic E-state index is 10.5. The molecule has 0 aliphatic rings. The van der Waals surface area contributed by atoms with E-state index in [-0.39, 0.29) is 0 Å². The second-order valence-corrected chi connectivity index (χ2v) is 4.82. The number of hydrazone groups is 1. The Morgan fingerprint density at radius 2 is 1.83 bits per heavy atom. The molecule has 0 aromatic heterocycles. The number of nitrogens with two attached hydrogens (primary N) is 1. The van der Waals surface area contributed by atoms with E-state index in [0.717, 1.165) is 11.3 Å². The van der Waals surface area contributed by atoms with Crippen molar-refractivity contribution in [2.75, 3.05) is 13.2 Å². The molecule has 0 aliphatic carbocycles. The van der Waals surface area contributed by atoms with Gasteiger partial charge in [-0.25, -0.2) is 10.2 Å². The molecule has 0 fully saturated rings. The van der Waals surface area contributed by atoms with Gasteiger partial charge in [0.05, 0.1) is 6.21 Å². The molecule has 0 radical (unpaired) electrons. The molecular weight excluding hydrogens is 294 g/mol. The SMILES string of the molecule is Cc1ccc(OCCOc2cccc(C=NNC(N)=O)c2)cc1. The number of hydrogen-bond acceptors (Lipinski definition) is 4. The standard InChI is InChI=1S/C17H19N3O3/c1-13-5-7-15(8-6-13)22-9-10-23-16-4-2-3-14(11-16)12-19-20-17(18)21/h2-8,11-12H,9-10H2,1H3,(H3,18,20,21). The van der Waals surface area contributed by atoms with Crippen molar-refractivity contribution in [3.8, 4) is 11.5 Å². The van der Waals surface area contributed by atoms with Gasteiger partial charge in [0, 0.05) is 0 Å². The number of rotatable bonds is 7. The molecule has 0 heterocycles. The summed E-state index contributed by atoms with van der Waals surface area (Å²) < 4.78 is 11.2. The van der Waals surface area contributed by atoms with Crippen molar-refractivity contribution in [2.24, 2.45) is 10.8 Å². The number of amides is 2. The maximum Gasteiger partial charge on any atom is 0.332 e. The van der Waals surface area contributed by atoms with E-state index in [1.165, 1.54) is 11.8 Å². The quantitative estimate of drug-likeness (QED) is 0.468. The predicted molar refractivity (Wildman–Crippen MR) is 88.9 cm³/mol. The van der Waals surface area contributed by atoms with Crippen molar-refractivity contribution in [3.05, 3.63) is 59.7 Å². The van der Waals surface area contributed by atoms with E-state index >= 15 is 0 Å². The summed E-state index contributed by atoms with van der Waals surface area (Å²) in [6.45, 7) is 2.90. The summed E-state index contributed by atoms with van der Waals surface area (Å²) >= 11 is 0. The topological polar surface area (TPSA) is 85.9 Å². The van der Waals surface area contributed by atoms with Gasteiger partial charge in [-0.05, 0) is 36.8 Å². The summed E-state index contributed by atoms with van der Waals surface area (Å²) in [5.74, 6) is 1.51. The molecule has 2 amide bonds. The molecule has 6 nitrogen and oxygen atoms in total. The first-order chi connectivity index (χ1) is 11.1. The Kier molecular flexibility index (Phi) is 5.99. The Morgan fingerprint density at radius 3 is 2.52 bits per heavy atom. The molecule has 2 aromatic carbocycles. The lowest BCUT2D eigenvalue weighted by molar-refractivity contribution is 0.217. The van der Waals surface area contributed by atoms with Crippen LogP contribution < -0.4 is 20.6 Å². The first-order valence-corrected chi connectivity index (χ1v) is 7.14. The van der Waals surface area contributed by atoms with Crippen LogP contribution in [-0.4, -0.2) is 25.5 Å². The minimum atomic E-state index is -0.707. The summed E-state index contributed by atoms with van der Waals surface area (Å²) in [6.07, 6.45) is 1.49. The predicted octanol–water partition coefficient (Wildman–Crippen LogP) is 2.46. The number of ether oxygens (including phenoxy) is 2. The van der Waals surface area contributed by atoms with Crippen LogP contribution in [0, 0.1) is 6.92 Å². The van der Waals surface area contributed by atoms with Gasteiger partial charge in [0.15, 0.2) is 0 Å². The average molecular weight is 313 g/mol. The molecule has 0 saturated heterocycles. The van der Waals surface area contributed by atoms with E-state index in [1.54, 1.807) is 6.07 Å². The zero-order valence-electron chi connectivity index (χ0n) is 12.9. The molecular formula is C17H19N3O3. The van der Waals surface area contributed by atoms with Gasteiger partial charge in [0.1, 0.15) is 24.7 Å². The van der Waals surface area contributed by atoms with E-state index in [2.05, 4.69) is 10.5 Å². The van der Waals surface area contributed by atoms with E-state index in [0.29, 0.717) is 19.0 Å². The van der Waals surface area contributed by atoms with Crippen molar-refractivity contribution in [3.63, 3.8) is 0 Å². The molecule has 2 rings (SSSR count). The van der Waals surface area contributed by atoms with Crippen molar-refractivity contribution in [1.29, 1.82) is 0 Å². The molecule has 2 aromatic rings. The molecule has 0 atom stereocenters. The number of carbonyl (C=O) groups is 1. The zero-order chi connectivity index (χ0) is 16.5. The molecule has 0 saturated carbocycles. The zero-order valence-corrected chi connectivity index (χ0v) is 12.9. The van der Waals surface area contributed by atoms with E-state index in [1.807, 2.05) is 49.4 Å². The molecule has 0 spiro atoms. The average Bonchev–Trinajstić information content (AvgIpc) is 2.53. The van der Waals surface area contributed by atoms with E-state index < -0.39 is 6.03 Å². The first kappa shape index (κ1) is 16.4. The summed E-state index contributed by atoms with van der Waals surface area (Å²) in [4.78, 5) is 10.5. The minimum Gasteiger partial charge on any atom is -0.490 e. The number of urea groups is 1. The third-order valence-corrected chi connectivity index (χ3v) is 2.89. The number of carbonyl (C=O) groups excluding carboxylic acids is 1. The molecule has 0 unspecified atom stereocenters. The van der Waals surface area contributed by atoms with E-state index in [9.17, 15) is 4.79 Å². The van der Waals surface area contributed by atoms with Crippen molar-refractivity contribution in [1.82, 2.24) is 5.43 Å². The number of aryl methyl sites for hydroxylation is 1. The van der Waals surface area contributed by atoms with Crippen LogP contribution in [-0.2, 0) is 0 Å². The second kappa shape index (κ2) is 8.43. The van der Waals surface area contributed by atoms with Gasteiger partial charge in [-0.1, -0.05) is 29.8 Å². The molecule has 120 valence electrons. The van der Waals surface area contributed by atoms with Gasteiger partial charge in [-0.2, -0.15) is 5.10 Å². The van der Waals surface area contributed by atoms with Gasteiger partial charge in [0.2, 0.25) is 0 Å². The summed E-state index contributed by atoms with van der Waals surface area (Å²) in [5.41, 5.74) is 9.04. The highest BCUT2D eigenvalue weighted by Gasteiger charge is 1.97. The van der Waals surface area contributed by atoms with Crippen LogP contribution >= 0.6 is 0 Å². The van der Waals surface area contributed by atoms with Crippen molar-refractivity contribution in [2.45, 2.75) is 6.92 Å². The summed E-state index contributed by atoms with van der Waals surface area (Å²) in [6, 6.07) is 14.5. The third-order valence-electron chi connectivity index (χ3n) is 2.89. The normalized spacial score (nSPS) is 10.5. The van der Waals surface area contributed by atoms with Crippen LogP contribution in [0.3, 0.4) is 0 Å². The number of primary amides is 1. The third kappa shape index (κ3) is 6.09. The Bertz CT molecular complexity index is 669. The Balaban J connectivity index is 1.78. The highest BCUT2D eigenvalue weighted by atomic mass is 16.5. The van der Waals surface area contributed by atoms with Crippen LogP contribution in [0.15, 0.2) is 53.6 Å². The first-order valence-electron chi connectivity index (χ1n) is 7.14. The number of nitrogens with one attached hydrogen (secondary N) is 1. The lowest BCUT2D eigenvalue weighted by atomic mass is 10.2. The summed E-state index contributed by atoms with van der Waals surface area (Å²) in [7, 11) is 0. The van der Waals surface area contributed by atoms with Gasteiger partial charge in [-0.15, -0.1) is 0 Å². The smallest absolute Gasteiger partial charge is 0.332 e. The maximum atomic E-state index is 10.5. The van der Waals surface area contributed by atoms with Crippen LogP contribution in [0.4, 0.5) is 4.79 Å². The van der Waals surface area contributed by atoms with Gasteiger partial charge >= 0.3 is 6.03 Å². The second-order valence-electron chi connectivity index (χ2n) is 4.82. The van der Waals surface area contributed by atoms with Crippen LogP contribution in [0.1, 0.15) is 11.1 Å². The highest BCUT2D eigenvalue weighted by Crippen LogP contribution is 2.13. The number of nitrogens with zero attached hydrogens (tertiary/aromatic N) is 1. The van der Waals surface area contributed by atoms with Gasteiger partial charge in [-0.3, -0.25) is 0 Å². The minimum absolute atomic E-state index is 0.425. The number of hydrogen-bond donors (Lipinski definition) is 2. The fourth-order valence-corrected chi connectivity index (χ4v) is 1.81. The molecule has 23 heavy (non-hydrogen) atoms. The number of benzene rings is 2. The van der Waals surface area contributed by atoms with E-state index in [4.69, 9.17) is 15.2 Å². The monoisotopic (exact) mass is 313 g/mol. The highest BCUT2D eigenvalue weighted by molar-refractivity contribution is 5.81. The largest absolute Gasteiger partial charge is 0.490 e. The lowest BCUT2D eigenvalue weighted by Gasteiger charge is -2.09. The Hall–Kier alpha value is -3.02. The van der Waals surface area contributed by atoms with Crippen LogP contribution in [0.25, 0.3) is 0 Å². The van der Waals surface area contributed by atoms with Crippen LogP contribution in [0.2, 0.25) is 0 Å². The van der Waals surface area contributed by atoms with Crippen LogP contribution in [0.5, 0.6) is 11.5 Å².